The van der Waals surface area contributed by atoms with E-state index < -0.39 is 16.1 Å². The minimum atomic E-state index is -3.67. The van der Waals surface area contributed by atoms with Crippen LogP contribution in [0, 0.1) is 0 Å². The molecule has 2 amide bonds. The van der Waals surface area contributed by atoms with Gasteiger partial charge < -0.3 is 10.2 Å². The maximum atomic E-state index is 13.9. The van der Waals surface area contributed by atoms with Crippen LogP contribution in [0.3, 0.4) is 0 Å². The minimum absolute atomic E-state index is 0.0844. The van der Waals surface area contributed by atoms with E-state index in [4.69, 9.17) is 11.6 Å². The Kier molecular flexibility index (Phi) is 11.6. The molecule has 0 aliphatic heterocycles. The topological polar surface area (TPSA) is 86.8 Å². The molecule has 1 N–H and O–H groups in total. The van der Waals surface area contributed by atoms with Crippen molar-refractivity contribution in [2.45, 2.75) is 74.9 Å². The molecule has 3 aromatic rings. The maximum Gasteiger partial charge on any atom is 0.243 e. The van der Waals surface area contributed by atoms with Crippen LogP contribution in [-0.4, -0.2) is 55.1 Å². The van der Waals surface area contributed by atoms with Gasteiger partial charge in [-0.2, -0.15) is 0 Å². The van der Waals surface area contributed by atoms with E-state index in [0.717, 1.165) is 36.8 Å². The number of hydrogen-bond donors (Lipinski definition) is 1. The first-order valence-electron chi connectivity index (χ1n) is 14.6. The number of carbonyl (C=O) groups excluding carboxylic acids is 2. The zero-order valence-corrected chi connectivity index (χ0v) is 25.7. The summed E-state index contributed by atoms with van der Waals surface area (Å²) < 4.78 is 27.2. The van der Waals surface area contributed by atoms with Crippen molar-refractivity contribution in [3.8, 4) is 0 Å². The van der Waals surface area contributed by atoms with Crippen LogP contribution >= 0.6 is 11.6 Å². The molecule has 1 saturated carbocycles. The monoisotopic (exact) mass is 609 g/mol. The van der Waals surface area contributed by atoms with E-state index in [9.17, 15) is 18.0 Å². The van der Waals surface area contributed by atoms with Gasteiger partial charge in [0.05, 0.1) is 4.90 Å². The third kappa shape index (κ3) is 8.66. The zero-order valence-electron chi connectivity index (χ0n) is 24.1. The second-order valence-corrected chi connectivity index (χ2v) is 13.4. The number of rotatable bonds is 13. The Morgan fingerprint density at radius 2 is 1.52 bits per heavy atom. The summed E-state index contributed by atoms with van der Waals surface area (Å²) in [5.74, 6) is -0.393. The van der Waals surface area contributed by atoms with Gasteiger partial charge in [0.25, 0.3) is 0 Å². The highest BCUT2D eigenvalue weighted by Crippen LogP contribution is 2.23. The molecule has 0 radical (unpaired) electrons. The highest BCUT2D eigenvalue weighted by atomic mass is 35.5. The van der Waals surface area contributed by atoms with Gasteiger partial charge in [-0.3, -0.25) is 9.59 Å². The maximum absolute atomic E-state index is 13.9. The quantitative estimate of drug-likeness (QED) is 0.264. The normalized spacial score (nSPS) is 14.8. The van der Waals surface area contributed by atoms with E-state index in [0.29, 0.717) is 17.9 Å². The molecular formula is C33H40ClN3O4S. The predicted octanol–water partition coefficient (Wildman–Crippen LogP) is 5.83. The first-order valence-corrected chi connectivity index (χ1v) is 16.5. The highest BCUT2D eigenvalue weighted by molar-refractivity contribution is 7.89. The number of amides is 2. The first kappa shape index (κ1) is 31.7. The average Bonchev–Trinajstić information content (AvgIpc) is 3.01. The Morgan fingerprint density at radius 3 is 2.19 bits per heavy atom. The second kappa shape index (κ2) is 15.3. The predicted molar refractivity (Wildman–Crippen MR) is 166 cm³/mol. The second-order valence-electron chi connectivity index (χ2n) is 10.9. The molecule has 0 spiro atoms. The summed E-state index contributed by atoms with van der Waals surface area (Å²) in [7, 11) is -2.15. The average molecular weight is 610 g/mol. The SMILES string of the molecule is CN(CCCC(=O)N(Cc1ccccc1Cl)[C@H](Cc1ccccc1)C(=O)NC1CCCCC1)S(=O)(=O)c1ccccc1. The Hall–Kier alpha value is -3.20. The summed E-state index contributed by atoms with van der Waals surface area (Å²) in [6, 6.07) is 24.6. The lowest BCUT2D eigenvalue weighted by Crippen LogP contribution is -2.53. The van der Waals surface area contributed by atoms with Crippen molar-refractivity contribution in [2.75, 3.05) is 13.6 Å². The Morgan fingerprint density at radius 1 is 0.905 bits per heavy atom. The highest BCUT2D eigenvalue weighted by Gasteiger charge is 2.32. The standard InChI is InChI=1S/C33H40ClN3O4S/c1-36(42(40,41)29-19-9-4-10-20-29)23-13-22-32(38)37(25-27-16-11-12-21-30(27)34)31(24-26-14-5-2-6-15-26)33(39)35-28-17-7-3-8-18-28/h2,4-6,9-12,14-16,19-21,28,31H,3,7-8,13,17-18,22-25H2,1H3,(H,35,39)/t31-/m1/s1. The molecule has 4 rings (SSSR count). The van der Waals surface area contributed by atoms with Crippen LogP contribution in [0.15, 0.2) is 89.8 Å². The van der Waals surface area contributed by atoms with Crippen molar-refractivity contribution in [1.82, 2.24) is 14.5 Å². The summed E-state index contributed by atoms with van der Waals surface area (Å²) in [5.41, 5.74) is 1.70. The summed E-state index contributed by atoms with van der Waals surface area (Å²) >= 11 is 6.52. The first-order chi connectivity index (χ1) is 20.3. The minimum Gasteiger partial charge on any atom is -0.352 e. The van der Waals surface area contributed by atoms with E-state index in [1.54, 1.807) is 41.3 Å². The lowest BCUT2D eigenvalue weighted by Gasteiger charge is -2.34. The van der Waals surface area contributed by atoms with E-state index in [1.807, 2.05) is 48.5 Å². The van der Waals surface area contributed by atoms with E-state index >= 15 is 0 Å². The Labute approximate surface area is 254 Å². The number of benzene rings is 3. The summed E-state index contributed by atoms with van der Waals surface area (Å²) in [4.78, 5) is 29.6. The Balaban J connectivity index is 1.55. The van der Waals surface area contributed by atoms with E-state index in [1.165, 1.54) is 17.8 Å². The molecular weight excluding hydrogens is 570 g/mol. The molecule has 42 heavy (non-hydrogen) atoms. The van der Waals surface area contributed by atoms with Gasteiger partial charge in [-0.05, 0) is 48.6 Å². The third-order valence-corrected chi connectivity index (χ3v) is 10.1. The third-order valence-electron chi connectivity index (χ3n) is 7.84. The van der Waals surface area contributed by atoms with Gasteiger partial charge in [0.1, 0.15) is 6.04 Å². The zero-order chi connectivity index (χ0) is 30.0. The van der Waals surface area contributed by atoms with Crippen LogP contribution in [-0.2, 0) is 32.6 Å². The van der Waals surface area contributed by atoms with E-state index in [2.05, 4.69) is 5.32 Å². The van der Waals surface area contributed by atoms with Gasteiger partial charge in [0, 0.05) is 44.0 Å². The fraction of sp³-hybridized carbons (Fsp3) is 0.394. The molecule has 1 aliphatic carbocycles. The Bertz CT molecular complexity index is 1410. The van der Waals surface area contributed by atoms with Crippen molar-refractivity contribution in [3.05, 3.63) is 101 Å². The molecule has 7 nitrogen and oxygen atoms in total. The van der Waals surface area contributed by atoms with Crippen molar-refractivity contribution < 1.29 is 18.0 Å². The van der Waals surface area contributed by atoms with Crippen molar-refractivity contribution in [1.29, 1.82) is 0 Å². The van der Waals surface area contributed by atoms with E-state index in [-0.39, 0.29) is 42.3 Å². The van der Waals surface area contributed by atoms with Gasteiger partial charge in [0.15, 0.2) is 0 Å². The summed E-state index contributed by atoms with van der Waals surface area (Å²) in [5, 5.41) is 3.76. The smallest absolute Gasteiger partial charge is 0.243 e. The van der Waals surface area contributed by atoms with Gasteiger partial charge in [-0.15, -0.1) is 0 Å². The molecule has 9 heteroatoms. The number of nitrogens with one attached hydrogen (secondary N) is 1. The number of nitrogens with zero attached hydrogens (tertiary/aromatic N) is 2. The van der Waals surface area contributed by atoms with Crippen LogP contribution in [0.2, 0.25) is 5.02 Å². The van der Waals surface area contributed by atoms with Crippen LogP contribution in [0.4, 0.5) is 0 Å². The fourth-order valence-electron chi connectivity index (χ4n) is 5.40. The van der Waals surface area contributed by atoms with Gasteiger partial charge in [0.2, 0.25) is 21.8 Å². The number of halogens is 1. The van der Waals surface area contributed by atoms with Crippen LogP contribution < -0.4 is 5.32 Å². The lowest BCUT2D eigenvalue weighted by molar-refractivity contribution is -0.141. The molecule has 1 fully saturated rings. The molecule has 224 valence electrons. The number of carbonyl (C=O) groups is 2. The molecule has 1 aliphatic rings. The molecule has 1 atom stereocenters. The largest absolute Gasteiger partial charge is 0.352 e. The van der Waals surface area contributed by atoms with Gasteiger partial charge in [-0.1, -0.05) is 97.6 Å². The number of sulfonamides is 1. The summed E-state index contributed by atoms with van der Waals surface area (Å²) in [6.45, 7) is 0.340. The van der Waals surface area contributed by atoms with Crippen molar-refractivity contribution >= 4 is 33.4 Å². The van der Waals surface area contributed by atoms with Gasteiger partial charge >= 0.3 is 0 Å². The molecule has 0 saturated heterocycles. The lowest BCUT2D eigenvalue weighted by atomic mass is 9.94. The molecule has 0 unspecified atom stereocenters. The van der Waals surface area contributed by atoms with Crippen LogP contribution in [0.25, 0.3) is 0 Å². The van der Waals surface area contributed by atoms with Gasteiger partial charge in [-0.25, -0.2) is 12.7 Å². The number of hydrogen-bond acceptors (Lipinski definition) is 4. The van der Waals surface area contributed by atoms with Crippen molar-refractivity contribution in [2.24, 2.45) is 0 Å². The molecule has 0 heterocycles. The van der Waals surface area contributed by atoms with Crippen LogP contribution in [0.1, 0.15) is 56.1 Å². The molecule has 0 bridgehead atoms. The fourth-order valence-corrected chi connectivity index (χ4v) is 6.82. The van der Waals surface area contributed by atoms with Crippen molar-refractivity contribution in [3.63, 3.8) is 0 Å². The molecule has 3 aromatic carbocycles. The summed E-state index contributed by atoms with van der Waals surface area (Å²) in [6.07, 6.45) is 5.95. The molecule has 0 aromatic heterocycles. The van der Waals surface area contributed by atoms with Crippen LogP contribution in [0.5, 0.6) is 0 Å².